The molecule has 1 N–H and O–H groups in total. The van der Waals surface area contributed by atoms with Crippen molar-refractivity contribution in [3.63, 3.8) is 0 Å². The molecule has 2 aliphatic rings. The number of hydrogen-bond donors (Lipinski definition) is 1. The zero-order chi connectivity index (χ0) is 11.0. The Morgan fingerprint density at radius 2 is 2.27 bits per heavy atom. The molecule has 2 fully saturated rings. The molecule has 84 valence electrons. The summed E-state index contributed by atoms with van der Waals surface area (Å²) >= 11 is 0. The van der Waals surface area contributed by atoms with E-state index >= 15 is 0 Å². The summed E-state index contributed by atoms with van der Waals surface area (Å²) in [6, 6.07) is 0.422. The molecule has 0 saturated carbocycles. The smallest absolute Gasteiger partial charge is 0.327 e. The third kappa shape index (κ3) is 1.80. The van der Waals surface area contributed by atoms with Gasteiger partial charge in [-0.1, -0.05) is 0 Å². The Labute approximate surface area is 89.7 Å². The van der Waals surface area contributed by atoms with E-state index in [-0.39, 0.29) is 6.04 Å². The quantitative estimate of drug-likeness (QED) is 0.738. The van der Waals surface area contributed by atoms with Crippen molar-refractivity contribution in [2.24, 2.45) is 5.92 Å². The Kier molecular flexibility index (Phi) is 3.05. The maximum absolute atomic E-state index is 11.2. The van der Waals surface area contributed by atoms with E-state index in [0.29, 0.717) is 12.5 Å². The summed E-state index contributed by atoms with van der Waals surface area (Å²) in [5, 5.41) is 9.16. The topological polar surface area (TPSA) is 66.8 Å². The summed E-state index contributed by atoms with van der Waals surface area (Å²) < 4.78 is 15.4. The zero-order valence-electron chi connectivity index (χ0n) is 8.50. The van der Waals surface area contributed by atoms with Crippen LogP contribution in [-0.4, -0.2) is 41.2 Å². The van der Waals surface area contributed by atoms with Crippen LogP contribution in [0.5, 0.6) is 0 Å². The Hall–Kier alpha value is -0.510. The van der Waals surface area contributed by atoms with Gasteiger partial charge in [-0.05, 0) is 26.3 Å². The van der Waals surface area contributed by atoms with Crippen LogP contribution in [0.1, 0.15) is 19.3 Å². The molecular weight excluding hydrogens is 217 g/mol. The average molecular weight is 231 g/mol. The fourth-order valence-corrected chi connectivity index (χ4v) is 3.24. The van der Waals surface area contributed by atoms with E-state index in [1.807, 2.05) is 7.05 Å². The third-order valence-electron chi connectivity index (χ3n) is 3.68. The predicted octanol–water partition coefficient (Wildman–Crippen LogP) is 1.15. The number of piperidine rings is 1. The summed E-state index contributed by atoms with van der Waals surface area (Å²) in [7, 11) is 1.54. The molecule has 0 aromatic carbocycles. The summed E-state index contributed by atoms with van der Waals surface area (Å²) in [6.07, 6.45) is 2.17. The molecule has 2 bridgehead atoms. The van der Waals surface area contributed by atoms with Crippen LogP contribution < -0.4 is 0 Å². The van der Waals surface area contributed by atoms with Crippen LogP contribution in [0, 0.1) is 5.92 Å². The summed E-state index contributed by atoms with van der Waals surface area (Å²) in [5.74, 6) is -1.39. The maximum atomic E-state index is 11.2. The lowest BCUT2D eigenvalue weighted by Crippen LogP contribution is -2.52. The van der Waals surface area contributed by atoms with Gasteiger partial charge in [-0.3, -0.25) is 14.2 Å². The number of carboxylic acid groups (broad SMARTS) is 1. The molecular formula is C9H14NO4P. The fraction of sp³-hybridized carbons (Fsp3) is 0.889. The van der Waals surface area contributed by atoms with Gasteiger partial charge >= 0.3 is 14.7 Å². The van der Waals surface area contributed by atoms with Gasteiger partial charge in [0.05, 0.1) is 12.0 Å². The minimum Gasteiger partial charge on any atom is -0.481 e. The van der Waals surface area contributed by atoms with Gasteiger partial charge in [-0.25, -0.2) is 4.57 Å². The number of aliphatic carboxylic acids is 1. The molecule has 0 aromatic rings. The van der Waals surface area contributed by atoms with Crippen LogP contribution in [0.2, 0.25) is 0 Å². The molecule has 4 atom stereocenters. The van der Waals surface area contributed by atoms with Crippen LogP contribution in [0.4, 0.5) is 0 Å². The summed E-state index contributed by atoms with van der Waals surface area (Å²) in [5.41, 5.74) is 0. The average Bonchev–Trinajstić information content (AvgIpc) is 2.45. The summed E-state index contributed by atoms with van der Waals surface area (Å²) in [4.78, 5) is 13.3. The monoisotopic (exact) mass is 231 g/mol. The number of hydrogen-bond acceptors (Lipinski definition) is 4. The van der Waals surface area contributed by atoms with Crippen LogP contribution in [0.25, 0.3) is 0 Å². The SMILES string of the molecule is CN1[C@H]2CC[C@@H]1[C@@H](C(=O)O)[C@@H](OP=O)C2. The second-order valence-electron chi connectivity index (χ2n) is 4.28. The van der Waals surface area contributed by atoms with Crippen molar-refractivity contribution in [3.8, 4) is 0 Å². The van der Waals surface area contributed by atoms with Crippen molar-refractivity contribution >= 4 is 14.7 Å². The van der Waals surface area contributed by atoms with Crippen LogP contribution in [0.15, 0.2) is 0 Å². The first-order valence-corrected chi connectivity index (χ1v) is 5.81. The second-order valence-corrected chi connectivity index (χ2v) is 4.64. The highest BCUT2D eigenvalue weighted by Gasteiger charge is 2.49. The van der Waals surface area contributed by atoms with Crippen molar-refractivity contribution in [2.75, 3.05) is 7.05 Å². The van der Waals surface area contributed by atoms with E-state index in [0.717, 1.165) is 12.8 Å². The van der Waals surface area contributed by atoms with Crippen molar-refractivity contribution in [1.82, 2.24) is 4.90 Å². The lowest BCUT2D eigenvalue weighted by Gasteiger charge is -2.39. The van der Waals surface area contributed by atoms with E-state index in [2.05, 4.69) is 4.90 Å². The first-order valence-electron chi connectivity index (χ1n) is 5.08. The Balaban J connectivity index is 2.20. The van der Waals surface area contributed by atoms with Gasteiger partial charge < -0.3 is 5.11 Å². The highest BCUT2D eigenvalue weighted by atomic mass is 31.1. The minimum atomic E-state index is -0.846. The van der Waals surface area contributed by atoms with Crippen molar-refractivity contribution < 1.29 is 19.0 Å². The van der Waals surface area contributed by atoms with Gasteiger partial charge in [-0.15, -0.1) is 0 Å². The molecule has 2 heterocycles. The number of carboxylic acids is 1. The van der Waals surface area contributed by atoms with Gasteiger partial charge in [0.1, 0.15) is 0 Å². The Morgan fingerprint density at radius 1 is 1.53 bits per heavy atom. The summed E-state index contributed by atoms with van der Waals surface area (Å²) in [6.45, 7) is 0. The van der Waals surface area contributed by atoms with E-state index < -0.39 is 26.7 Å². The fourth-order valence-electron chi connectivity index (χ4n) is 2.91. The predicted molar refractivity (Wildman–Crippen MR) is 52.8 cm³/mol. The lowest BCUT2D eigenvalue weighted by molar-refractivity contribution is -0.150. The van der Waals surface area contributed by atoms with Gasteiger partial charge in [-0.2, -0.15) is 0 Å². The third-order valence-corrected chi connectivity index (χ3v) is 4.03. The molecule has 0 aliphatic carbocycles. The van der Waals surface area contributed by atoms with Crippen LogP contribution >= 0.6 is 8.69 Å². The molecule has 0 radical (unpaired) electrons. The molecule has 0 amide bonds. The molecule has 0 spiro atoms. The highest BCUT2D eigenvalue weighted by molar-refractivity contribution is 7.17. The van der Waals surface area contributed by atoms with Crippen LogP contribution in [-0.2, 0) is 13.9 Å². The number of rotatable bonds is 3. The molecule has 2 aliphatic heterocycles. The molecule has 0 unspecified atom stereocenters. The molecule has 15 heavy (non-hydrogen) atoms. The second kappa shape index (κ2) is 4.16. The molecule has 5 nitrogen and oxygen atoms in total. The van der Waals surface area contributed by atoms with Gasteiger partial charge in [0.15, 0.2) is 0 Å². The van der Waals surface area contributed by atoms with Gasteiger partial charge in [0.25, 0.3) is 0 Å². The first kappa shape index (κ1) is 11.0. The van der Waals surface area contributed by atoms with Crippen molar-refractivity contribution in [2.45, 2.75) is 37.5 Å². The van der Waals surface area contributed by atoms with E-state index in [1.54, 1.807) is 0 Å². The van der Waals surface area contributed by atoms with E-state index in [1.165, 1.54) is 0 Å². The van der Waals surface area contributed by atoms with E-state index in [9.17, 15) is 9.36 Å². The van der Waals surface area contributed by atoms with Crippen LogP contribution in [0.3, 0.4) is 0 Å². The standard InChI is InChI=1S/C9H14NO4P/c1-10-5-2-3-6(10)8(9(11)12)7(4-5)14-15-13/h5-8H,2-4H2,1H3,(H,11,12)/t5-,6+,7-,8+/m0/s1. The first-order chi connectivity index (χ1) is 7.15. The number of nitrogens with zero attached hydrogens (tertiary/aromatic N) is 1. The van der Waals surface area contributed by atoms with E-state index in [4.69, 9.17) is 9.63 Å². The van der Waals surface area contributed by atoms with Crippen molar-refractivity contribution in [1.29, 1.82) is 0 Å². The highest BCUT2D eigenvalue weighted by Crippen LogP contribution is 2.40. The number of carbonyl (C=O) groups is 1. The molecule has 6 heteroatoms. The molecule has 0 aromatic heterocycles. The normalized spacial score (nSPS) is 40.9. The zero-order valence-corrected chi connectivity index (χ0v) is 9.39. The van der Waals surface area contributed by atoms with Gasteiger partial charge in [0.2, 0.25) is 0 Å². The minimum absolute atomic E-state index is 0.0352. The number of fused-ring (bicyclic) bond motifs is 2. The lowest BCUT2D eigenvalue weighted by atomic mass is 9.88. The maximum Gasteiger partial charge on any atom is 0.327 e. The Morgan fingerprint density at radius 3 is 2.87 bits per heavy atom. The molecule has 2 saturated heterocycles. The van der Waals surface area contributed by atoms with Gasteiger partial charge in [0, 0.05) is 12.1 Å². The Bertz CT molecular complexity index is 285. The largest absolute Gasteiger partial charge is 0.481 e. The molecule has 2 rings (SSSR count). The van der Waals surface area contributed by atoms with Crippen molar-refractivity contribution in [3.05, 3.63) is 0 Å².